The number of hydrogen-bond acceptors (Lipinski definition) is 4. The summed E-state index contributed by atoms with van der Waals surface area (Å²) in [7, 11) is 0. The van der Waals surface area contributed by atoms with E-state index in [0.29, 0.717) is 11.1 Å². The Morgan fingerprint density at radius 1 is 1.41 bits per heavy atom. The number of halogens is 1. The van der Waals surface area contributed by atoms with Gasteiger partial charge in [-0.25, -0.2) is 0 Å². The van der Waals surface area contributed by atoms with Crippen LogP contribution in [0.2, 0.25) is 5.02 Å². The van der Waals surface area contributed by atoms with Crippen LogP contribution < -0.4 is 5.32 Å². The van der Waals surface area contributed by atoms with Crippen molar-refractivity contribution in [2.75, 3.05) is 5.32 Å². The lowest BCUT2D eigenvalue weighted by atomic mass is 10.1. The molecule has 2 aromatic rings. The van der Waals surface area contributed by atoms with E-state index in [1.165, 1.54) is 24.6 Å². The second-order valence-corrected chi connectivity index (χ2v) is 5.18. The normalized spacial score (nSPS) is 12.9. The van der Waals surface area contributed by atoms with Crippen LogP contribution in [0.15, 0.2) is 12.1 Å². The highest BCUT2D eigenvalue weighted by Crippen LogP contribution is 2.30. The highest BCUT2D eigenvalue weighted by molar-refractivity contribution is 7.00. The summed E-state index contributed by atoms with van der Waals surface area (Å²) in [5, 5.41) is 4.16. The first-order chi connectivity index (χ1) is 8.22. The molecule has 2 rings (SSSR count). The van der Waals surface area contributed by atoms with Crippen molar-refractivity contribution in [2.24, 2.45) is 0 Å². The van der Waals surface area contributed by atoms with Crippen molar-refractivity contribution in [3.05, 3.63) is 17.2 Å². The number of hydrogen-bond donors (Lipinski definition) is 1. The van der Waals surface area contributed by atoms with E-state index >= 15 is 0 Å². The van der Waals surface area contributed by atoms with Gasteiger partial charge in [-0.1, -0.05) is 31.4 Å². The van der Waals surface area contributed by atoms with Gasteiger partial charge < -0.3 is 5.32 Å². The van der Waals surface area contributed by atoms with Gasteiger partial charge in [-0.3, -0.25) is 0 Å². The molecule has 0 spiro atoms. The van der Waals surface area contributed by atoms with E-state index in [2.05, 4.69) is 27.9 Å². The number of rotatable bonds is 5. The van der Waals surface area contributed by atoms with Crippen LogP contribution in [0, 0.1) is 0 Å². The zero-order valence-electron chi connectivity index (χ0n) is 10.0. The predicted molar refractivity (Wildman–Crippen MR) is 75.0 cm³/mol. The Morgan fingerprint density at radius 3 is 3.00 bits per heavy atom. The number of fused-ring (bicyclic) bond motifs is 1. The van der Waals surface area contributed by atoms with Gasteiger partial charge in [0.15, 0.2) is 0 Å². The molecule has 1 atom stereocenters. The van der Waals surface area contributed by atoms with Crippen LogP contribution in [0.3, 0.4) is 0 Å². The molecule has 1 N–H and O–H groups in total. The Bertz CT molecular complexity index is 497. The van der Waals surface area contributed by atoms with E-state index < -0.39 is 0 Å². The summed E-state index contributed by atoms with van der Waals surface area (Å²) in [6.45, 7) is 4.37. The van der Waals surface area contributed by atoms with Crippen LogP contribution in [0.5, 0.6) is 0 Å². The smallest absolute Gasteiger partial charge is 0.129 e. The molecule has 17 heavy (non-hydrogen) atoms. The molecule has 92 valence electrons. The fraction of sp³-hybridized carbons (Fsp3) is 0.500. The van der Waals surface area contributed by atoms with Crippen molar-refractivity contribution in [1.29, 1.82) is 0 Å². The van der Waals surface area contributed by atoms with E-state index in [1.54, 1.807) is 0 Å². The van der Waals surface area contributed by atoms with Crippen LogP contribution in [-0.2, 0) is 0 Å². The van der Waals surface area contributed by atoms with Gasteiger partial charge in [-0.05, 0) is 25.5 Å². The highest BCUT2D eigenvalue weighted by Gasteiger charge is 2.11. The SMILES string of the molecule is CCCCC(C)Nc1c(Cl)ccc2nsnc12. The molecule has 1 heterocycles. The Labute approximate surface area is 111 Å². The lowest BCUT2D eigenvalue weighted by Gasteiger charge is -2.16. The molecular weight excluding hydrogens is 254 g/mol. The van der Waals surface area contributed by atoms with Crippen molar-refractivity contribution in [2.45, 2.75) is 39.2 Å². The third-order valence-corrected chi connectivity index (χ3v) is 3.62. The van der Waals surface area contributed by atoms with Crippen LogP contribution in [-0.4, -0.2) is 14.8 Å². The molecule has 1 aromatic carbocycles. The van der Waals surface area contributed by atoms with Crippen molar-refractivity contribution < 1.29 is 0 Å². The average molecular weight is 270 g/mol. The molecule has 0 aliphatic heterocycles. The summed E-state index contributed by atoms with van der Waals surface area (Å²) in [5.41, 5.74) is 2.71. The van der Waals surface area contributed by atoms with Crippen LogP contribution in [0.25, 0.3) is 11.0 Å². The summed E-state index contributed by atoms with van der Waals surface area (Å²) in [6, 6.07) is 4.18. The molecule has 0 aliphatic carbocycles. The van der Waals surface area contributed by atoms with Crippen LogP contribution in [0.4, 0.5) is 5.69 Å². The number of anilines is 1. The van der Waals surface area contributed by atoms with Crippen molar-refractivity contribution >= 4 is 40.0 Å². The van der Waals surface area contributed by atoms with Gasteiger partial charge >= 0.3 is 0 Å². The van der Waals surface area contributed by atoms with Gasteiger partial charge in [-0.15, -0.1) is 0 Å². The minimum Gasteiger partial charge on any atom is -0.380 e. The van der Waals surface area contributed by atoms with Crippen molar-refractivity contribution in [3.8, 4) is 0 Å². The molecule has 0 aliphatic rings. The molecule has 0 saturated carbocycles. The van der Waals surface area contributed by atoms with E-state index in [-0.39, 0.29) is 0 Å². The molecule has 5 heteroatoms. The van der Waals surface area contributed by atoms with E-state index in [1.807, 2.05) is 12.1 Å². The van der Waals surface area contributed by atoms with E-state index in [4.69, 9.17) is 11.6 Å². The summed E-state index contributed by atoms with van der Waals surface area (Å²) >= 11 is 7.43. The molecule has 0 radical (unpaired) electrons. The lowest BCUT2D eigenvalue weighted by molar-refractivity contribution is 0.645. The molecule has 1 unspecified atom stereocenters. The standard InChI is InChI=1S/C12H16ClN3S/c1-3-4-5-8(2)14-11-9(13)6-7-10-12(11)16-17-15-10/h6-8,14H,3-5H2,1-2H3. The third-order valence-electron chi connectivity index (χ3n) is 2.76. The van der Waals surface area contributed by atoms with Gasteiger partial charge in [0.05, 0.1) is 22.4 Å². The van der Waals surface area contributed by atoms with E-state index in [0.717, 1.165) is 23.1 Å². The average Bonchev–Trinajstić information content (AvgIpc) is 2.78. The molecule has 0 saturated heterocycles. The summed E-state index contributed by atoms with van der Waals surface area (Å²) in [5.74, 6) is 0. The van der Waals surface area contributed by atoms with Gasteiger partial charge in [0, 0.05) is 6.04 Å². The van der Waals surface area contributed by atoms with Gasteiger partial charge in [0.25, 0.3) is 0 Å². The molecule has 0 bridgehead atoms. The highest BCUT2D eigenvalue weighted by atomic mass is 35.5. The Morgan fingerprint density at radius 2 is 2.24 bits per heavy atom. The van der Waals surface area contributed by atoms with Gasteiger partial charge in [0.1, 0.15) is 11.0 Å². The number of aromatic nitrogens is 2. The molecular formula is C12H16ClN3S. The maximum Gasteiger partial charge on any atom is 0.129 e. The van der Waals surface area contributed by atoms with E-state index in [9.17, 15) is 0 Å². The largest absolute Gasteiger partial charge is 0.380 e. The quantitative estimate of drug-likeness (QED) is 0.878. The zero-order valence-corrected chi connectivity index (χ0v) is 11.6. The molecule has 1 aromatic heterocycles. The molecule has 0 amide bonds. The van der Waals surface area contributed by atoms with Crippen molar-refractivity contribution in [3.63, 3.8) is 0 Å². The Hall–Kier alpha value is -0.870. The fourth-order valence-electron chi connectivity index (χ4n) is 1.79. The number of benzene rings is 1. The maximum atomic E-state index is 6.21. The Kier molecular flexibility index (Phi) is 4.18. The molecule has 0 fully saturated rings. The van der Waals surface area contributed by atoms with Crippen molar-refractivity contribution in [1.82, 2.24) is 8.75 Å². The van der Waals surface area contributed by atoms with Gasteiger partial charge in [0.2, 0.25) is 0 Å². The number of unbranched alkanes of at least 4 members (excludes halogenated alkanes) is 1. The zero-order chi connectivity index (χ0) is 12.3. The summed E-state index contributed by atoms with van der Waals surface area (Å²) in [6.07, 6.45) is 3.57. The van der Waals surface area contributed by atoms with Crippen LogP contribution in [0.1, 0.15) is 33.1 Å². The predicted octanol–water partition coefficient (Wildman–Crippen LogP) is 4.34. The Balaban J connectivity index is 2.22. The second-order valence-electron chi connectivity index (χ2n) is 4.24. The lowest BCUT2D eigenvalue weighted by Crippen LogP contribution is -2.15. The maximum absolute atomic E-state index is 6.21. The summed E-state index contributed by atoms with van der Waals surface area (Å²) < 4.78 is 8.52. The first kappa shape index (κ1) is 12.6. The monoisotopic (exact) mass is 269 g/mol. The minimum absolute atomic E-state index is 0.403. The minimum atomic E-state index is 0.403. The molecule has 3 nitrogen and oxygen atoms in total. The summed E-state index contributed by atoms with van der Waals surface area (Å²) in [4.78, 5) is 0. The third kappa shape index (κ3) is 2.87. The van der Waals surface area contributed by atoms with Crippen LogP contribution >= 0.6 is 23.3 Å². The van der Waals surface area contributed by atoms with Gasteiger partial charge in [-0.2, -0.15) is 8.75 Å². The number of nitrogens with one attached hydrogen (secondary N) is 1. The second kappa shape index (κ2) is 5.65. The first-order valence-electron chi connectivity index (χ1n) is 5.89. The topological polar surface area (TPSA) is 37.8 Å². The number of nitrogens with zero attached hydrogens (tertiary/aromatic N) is 2. The fourth-order valence-corrected chi connectivity index (χ4v) is 2.54. The first-order valence-corrected chi connectivity index (χ1v) is 7.00.